The summed E-state index contributed by atoms with van der Waals surface area (Å²) in [5.41, 5.74) is 1.91. The molecule has 82 valence electrons. The van der Waals surface area contributed by atoms with Gasteiger partial charge in [0, 0.05) is 18.3 Å². The number of carbonyl (C=O) groups is 1. The minimum Gasteiger partial charge on any atom is -0.481 e. The molecular formula is C10H14N2O2S. The Balaban J connectivity index is 2.95. The van der Waals surface area contributed by atoms with E-state index in [2.05, 4.69) is 9.97 Å². The third kappa shape index (κ3) is 3.43. The summed E-state index contributed by atoms with van der Waals surface area (Å²) < 4.78 is 0.442. The van der Waals surface area contributed by atoms with Crippen molar-refractivity contribution in [2.24, 2.45) is 0 Å². The Bertz CT molecular complexity index is 412. The summed E-state index contributed by atoms with van der Waals surface area (Å²) in [5.74, 6) is -0.509. The van der Waals surface area contributed by atoms with E-state index in [1.54, 1.807) is 6.20 Å². The van der Waals surface area contributed by atoms with Gasteiger partial charge in [0.2, 0.25) is 0 Å². The third-order valence-electron chi connectivity index (χ3n) is 2.11. The maximum absolute atomic E-state index is 10.5. The number of hydrogen-bond donors (Lipinski definition) is 2. The van der Waals surface area contributed by atoms with Gasteiger partial charge in [-0.2, -0.15) is 0 Å². The molecule has 15 heavy (non-hydrogen) atoms. The maximum atomic E-state index is 10.5. The molecule has 1 aromatic rings. The van der Waals surface area contributed by atoms with Crippen LogP contribution in [0.3, 0.4) is 0 Å². The first-order valence-corrected chi connectivity index (χ1v) is 5.21. The van der Waals surface area contributed by atoms with Crippen molar-refractivity contribution in [3.63, 3.8) is 0 Å². The second-order valence-corrected chi connectivity index (χ2v) is 4.06. The molecule has 0 unspecified atom stereocenters. The smallest absolute Gasteiger partial charge is 0.303 e. The summed E-state index contributed by atoms with van der Waals surface area (Å²) in [5, 5.41) is 8.61. The van der Waals surface area contributed by atoms with Crippen LogP contribution in [0.2, 0.25) is 0 Å². The SMILES string of the molecule is CC(C)c1[nH]c(=S)ncc1CCC(=O)O. The van der Waals surface area contributed by atoms with E-state index in [1.807, 2.05) is 13.8 Å². The molecule has 0 saturated carbocycles. The van der Waals surface area contributed by atoms with E-state index in [9.17, 15) is 4.79 Å². The number of nitrogens with one attached hydrogen (secondary N) is 1. The highest BCUT2D eigenvalue weighted by molar-refractivity contribution is 7.71. The molecule has 0 aliphatic heterocycles. The van der Waals surface area contributed by atoms with Crippen LogP contribution >= 0.6 is 12.2 Å². The van der Waals surface area contributed by atoms with Gasteiger partial charge in [-0.1, -0.05) is 13.8 Å². The van der Waals surface area contributed by atoms with Crippen molar-refractivity contribution < 1.29 is 9.90 Å². The maximum Gasteiger partial charge on any atom is 0.303 e. The van der Waals surface area contributed by atoms with E-state index >= 15 is 0 Å². The first-order valence-electron chi connectivity index (χ1n) is 4.80. The van der Waals surface area contributed by atoms with Gasteiger partial charge in [0.15, 0.2) is 4.77 Å². The number of aromatic amines is 1. The second-order valence-electron chi connectivity index (χ2n) is 3.68. The highest BCUT2D eigenvalue weighted by Gasteiger charge is 2.09. The number of carboxylic acids is 1. The fourth-order valence-electron chi connectivity index (χ4n) is 1.39. The van der Waals surface area contributed by atoms with E-state index in [0.29, 0.717) is 17.1 Å². The largest absolute Gasteiger partial charge is 0.481 e. The lowest BCUT2D eigenvalue weighted by Gasteiger charge is -2.10. The van der Waals surface area contributed by atoms with Crippen molar-refractivity contribution in [1.82, 2.24) is 9.97 Å². The number of aromatic nitrogens is 2. The standard InChI is InChI=1S/C10H14N2O2S/c1-6(2)9-7(3-4-8(13)14)5-11-10(15)12-9/h5-6H,3-4H2,1-2H3,(H,13,14)(H,11,12,15). The number of H-pyrrole nitrogens is 1. The zero-order valence-electron chi connectivity index (χ0n) is 8.78. The predicted octanol–water partition coefficient (Wildman–Crippen LogP) is 2.28. The highest BCUT2D eigenvalue weighted by Crippen LogP contribution is 2.17. The number of nitrogens with zero attached hydrogens (tertiary/aromatic N) is 1. The normalized spacial score (nSPS) is 10.6. The summed E-state index contributed by atoms with van der Waals surface area (Å²) in [4.78, 5) is 17.4. The number of aliphatic carboxylic acids is 1. The topological polar surface area (TPSA) is 66.0 Å². The van der Waals surface area contributed by atoms with Gasteiger partial charge in [0.05, 0.1) is 0 Å². The van der Waals surface area contributed by atoms with Gasteiger partial charge in [-0.3, -0.25) is 4.79 Å². The van der Waals surface area contributed by atoms with Crippen LogP contribution in [-0.2, 0) is 11.2 Å². The van der Waals surface area contributed by atoms with Gasteiger partial charge in [-0.25, -0.2) is 4.98 Å². The van der Waals surface area contributed by atoms with Crippen molar-refractivity contribution in [3.8, 4) is 0 Å². The molecule has 0 atom stereocenters. The zero-order chi connectivity index (χ0) is 11.4. The number of aryl methyl sites for hydroxylation is 1. The monoisotopic (exact) mass is 226 g/mol. The van der Waals surface area contributed by atoms with E-state index in [-0.39, 0.29) is 6.42 Å². The molecule has 0 aromatic carbocycles. The Morgan fingerprint density at radius 1 is 1.67 bits per heavy atom. The molecule has 1 heterocycles. The Hall–Kier alpha value is -1.23. The first-order chi connectivity index (χ1) is 7.00. The fourth-order valence-corrected chi connectivity index (χ4v) is 1.55. The minimum atomic E-state index is -0.799. The average molecular weight is 226 g/mol. The van der Waals surface area contributed by atoms with Crippen LogP contribution in [0.15, 0.2) is 6.20 Å². The van der Waals surface area contributed by atoms with Crippen LogP contribution in [-0.4, -0.2) is 21.0 Å². The summed E-state index contributed by atoms with van der Waals surface area (Å²) in [6.45, 7) is 4.07. The predicted molar refractivity (Wildman–Crippen MR) is 59.5 cm³/mol. The lowest BCUT2D eigenvalue weighted by molar-refractivity contribution is -0.136. The molecule has 2 N–H and O–H groups in total. The van der Waals surface area contributed by atoms with Crippen LogP contribution < -0.4 is 0 Å². The van der Waals surface area contributed by atoms with E-state index in [1.165, 1.54) is 0 Å². The molecule has 0 aliphatic carbocycles. The summed E-state index contributed by atoms with van der Waals surface area (Å²) in [6.07, 6.45) is 2.27. The molecule has 0 aliphatic rings. The van der Waals surface area contributed by atoms with Crippen molar-refractivity contribution >= 4 is 18.2 Å². The molecule has 0 spiro atoms. The fraction of sp³-hybridized carbons (Fsp3) is 0.500. The third-order valence-corrected chi connectivity index (χ3v) is 2.32. The molecule has 0 bridgehead atoms. The van der Waals surface area contributed by atoms with Gasteiger partial charge >= 0.3 is 5.97 Å². The lowest BCUT2D eigenvalue weighted by atomic mass is 10.0. The van der Waals surface area contributed by atoms with Crippen molar-refractivity contribution in [3.05, 3.63) is 22.2 Å². The number of rotatable bonds is 4. The molecular weight excluding hydrogens is 212 g/mol. The van der Waals surface area contributed by atoms with Crippen LogP contribution in [0.1, 0.15) is 37.4 Å². The van der Waals surface area contributed by atoms with Gasteiger partial charge in [0.25, 0.3) is 0 Å². The lowest BCUT2D eigenvalue weighted by Crippen LogP contribution is -2.05. The summed E-state index contributed by atoms with van der Waals surface area (Å²) in [7, 11) is 0. The highest BCUT2D eigenvalue weighted by atomic mass is 32.1. The Morgan fingerprint density at radius 2 is 2.33 bits per heavy atom. The quantitative estimate of drug-likeness (QED) is 0.773. The Morgan fingerprint density at radius 3 is 2.87 bits per heavy atom. The van der Waals surface area contributed by atoms with Gasteiger partial charge in [-0.05, 0) is 30.1 Å². The molecule has 0 radical (unpaired) electrons. The number of carboxylic acid groups (broad SMARTS) is 1. The van der Waals surface area contributed by atoms with Gasteiger partial charge in [0.1, 0.15) is 0 Å². The van der Waals surface area contributed by atoms with Gasteiger partial charge in [-0.15, -0.1) is 0 Å². The van der Waals surface area contributed by atoms with Crippen molar-refractivity contribution in [1.29, 1.82) is 0 Å². The second kappa shape index (κ2) is 5.02. The van der Waals surface area contributed by atoms with Crippen LogP contribution in [0.5, 0.6) is 0 Å². The average Bonchev–Trinajstić information content (AvgIpc) is 2.15. The first kappa shape index (κ1) is 11.8. The summed E-state index contributed by atoms with van der Waals surface area (Å²) >= 11 is 4.93. The Labute approximate surface area is 93.4 Å². The summed E-state index contributed by atoms with van der Waals surface area (Å²) in [6, 6.07) is 0. The van der Waals surface area contributed by atoms with Gasteiger partial charge < -0.3 is 10.1 Å². The van der Waals surface area contributed by atoms with Crippen LogP contribution in [0.25, 0.3) is 0 Å². The molecule has 0 saturated heterocycles. The molecule has 0 amide bonds. The van der Waals surface area contributed by atoms with Crippen molar-refractivity contribution in [2.45, 2.75) is 32.6 Å². The molecule has 1 rings (SSSR count). The van der Waals surface area contributed by atoms with Crippen LogP contribution in [0, 0.1) is 4.77 Å². The molecule has 4 nitrogen and oxygen atoms in total. The molecule has 0 fully saturated rings. The Kier molecular flexibility index (Phi) is 3.96. The molecule has 1 aromatic heterocycles. The van der Waals surface area contributed by atoms with E-state index in [0.717, 1.165) is 11.3 Å². The van der Waals surface area contributed by atoms with E-state index < -0.39 is 5.97 Å². The van der Waals surface area contributed by atoms with Crippen LogP contribution in [0.4, 0.5) is 0 Å². The minimum absolute atomic E-state index is 0.117. The van der Waals surface area contributed by atoms with E-state index in [4.69, 9.17) is 17.3 Å². The zero-order valence-corrected chi connectivity index (χ0v) is 9.60. The van der Waals surface area contributed by atoms with Crippen molar-refractivity contribution in [2.75, 3.05) is 0 Å². The number of hydrogen-bond acceptors (Lipinski definition) is 3. The molecule has 5 heteroatoms.